The van der Waals surface area contributed by atoms with Crippen LogP contribution in [-0.2, 0) is 9.59 Å². The first-order valence-corrected chi connectivity index (χ1v) is 12.3. The highest BCUT2D eigenvalue weighted by Gasteiger charge is 2.39. The quantitative estimate of drug-likeness (QED) is 0.620. The van der Waals surface area contributed by atoms with Crippen LogP contribution in [0.5, 0.6) is 11.5 Å². The second kappa shape index (κ2) is 8.99. The number of thioether (sulfide) groups is 1. The predicted molar refractivity (Wildman–Crippen MR) is 123 cm³/mol. The highest BCUT2D eigenvalue weighted by Crippen LogP contribution is 2.39. The molecule has 4 heterocycles. The van der Waals surface area contributed by atoms with E-state index in [1.807, 2.05) is 35.7 Å². The largest absolute Gasteiger partial charge is 0.490 e. The van der Waals surface area contributed by atoms with Gasteiger partial charge in [-0.15, -0.1) is 11.3 Å². The second-order valence-electron chi connectivity index (χ2n) is 7.79. The molecule has 1 atom stereocenters. The number of likely N-dealkylation sites (tertiary alicyclic amines) is 1. The molecule has 0 bridgehead atoms. The lowest BCUT2D eigenvalue weighted by atomic mass is 10.0. The number of amides is 3. The Balaban J connectivity index is 1.30. The van der Waals surface area contributed by atoms with E-state index >= 15 is 0 Å². The third kappa shape index (κ3) is 4.14. The second-order valence-corrected chi connectivity index (χ2v) is 9.76. The Labute approximate surface area is 194 Å². The van der Waals surface area contributed by atoms with Crippen molar-refractivity contribution in [2.75, 3.05) is 26.3 Å². The van der Waals surface area contributed by atoms with Gasteiger partial charge in [0.05, 0.1) is 24.2 Å². The smallest absolute Gasteiger partial charge is 0.294 e. The van der Waals surface area contributed by atoms with Gasteiger partial charge in [0, 0.05) is 17.8 Å². The highest BCUT2D eigenvalue weighted by molar-refractivity contribution is 8.18. The summed E-state index contributed by atoms with van der Waals surface area (Å²) in [6.45, 7) is 1.58. The maximum absolute atomic E-state index is 13.1. The minimum Gasteiger partial charge on any atom is -0.490 e. The van der Waals surface area contributed by atoms with E-state index in [1.165, 1.54) is 11.3 Å². The van der Waals surface area contributed by atoms with E-state index in [0.717, 1.165) is 52.1 Å². The van der Waals surface area contributed by atoms with Gasteiger partial charge < -0.3 is 14.4 Å². The summed E-state index contributed by atoms with van der Waals surface area (Å²) in [5.74, 6) is 0.786. The molecule has 0 spiro atoms. The van der Waals surface area contributed by atoms with Crippen molar-refractivity contribution in [1.82, 2.24) is 9.80 Å². The molecule has 3 amide bonds. The van der Waals surface area contributed by atoms with Gasteiger partial charge in [0.2, 0.25) is 5.91 Å². The third-order valence-corrected chi connectivity index (χ3v) is 7.44. The average molecular weight is 471 g/mol. The number of nitrogens with zero attached hydrogens (tertiary/aromatic N) is 2. The Hall–Kier alpha value is -2.78. The Kier molecular flexibility index (Phi) is 5.93. The summed E-state index contributed by atoms with van der Waals surface area (Å²) in [7, 11) is 0. The summed E-state index contributed by atoms with van der Waals surface area (Å²) in [4.78, 5) is 42.4. The first-order chi connectivity index (χ1) is 15.6. The molecule has 7 nitrogen and oxygen atoms in total. The molecular weight excluding hydrogens is 448 g/mol. The Morgan fingerprint density at radius 2 is 1.97 bits per heavy atom. The number of carbonyl (C=O) groups is 3. The lowest BCUT2D eigenvalue weighted by Crippen LogP contribution is -2.41. The van der Waals surface area contributed by atoms with E-state index in [9.17, 15) is 14.4 Å². The monoisotopic (exact) mass is 470 g/mol. The first kappa shape index (κ1) is 21.1. The molecule has 0 radical (unpaired) electrons. The molecule has 0 N–H and O–H groups in total. The van der Waals surface area contributed by atoms with Crippen molar-refractivity contribution in [2.45, 2.75) is 25.3 Å². The van der Waals surface area contributed by atoms with E-state index in [0.29, 0.717) is 30.4 Å². The number of hydrogen-bond donors (Lipinski definition) is 0. The normalized spacial score (nSPS) is 22.0. The molecule has 32 heavy (non-hydrogen) atoms. The van der Waals surface area contributed by atoms with Crippen LogP contribution in [0.1, 0.15) is 35.7 Å². The molecule has 3 aliphatic heterocycles. The molecule has 1 aromatic carbocycles. The van der Waals surface area contributed by atoms with Crippen LogP contribution in [0, 0.1) is 0 Å². The van der Waals surface area contributed by atoms with Crippen LogP contribution in [0.15, 0.2) is 40.6 Å². The summed E-state index contributed by atoms with van der Waals surface area (Å²) in [5.41, 5.74) is 0.979. The van der Waals surface area contributed by atoms with Crippen LogP contribution in [0.2, 0.25) is 0 Å². The van der Waals surface area contributed by atoms with Crippen molar-refractivity contribution in [3.8, 4) is 11.5 Å². The summed E-state index contributed by atoms with van der Waals surface area (Å²) < 4.78 is 11.5. The topological polar surface area (TPSA) is 76.2 Å². The summed E-state index contributed by atoms with van der Waals surface area (Å²) >= 11 is 2.37. The molecule has 3 aliphatic rings. The van der Waals surface area contributed by atoms with Crippen LogP contribution in [-0.4, -0.2) is 53.2 Å². The molecule has 0 aliphatic carbocycles. The SMILES string of the molecule is O=C1S/C(=C\c2cccs2)C(=O)N1CC(=O)N1CCCC1c1ccc2c(c1)OCCCO2. The van der Waals surface area contributed by atoms with Gasteiger partial charge in [0.1, 0.15) is 6.54 Å². The number of rotatable bonds is 4. The van der Waals surface area contributed by atoms with Crippen molar-refractivity contribution in [3.63, 3.8) is 0 Å². The zero-order valence-electron chi connectivity index (χ0n) is 17.3. The van der Waals surface area contributed by atoms with Gasteiger partial charge in [-0.05, 0) is 59.8 Å². The predicted octanol–water partition coefficient (Wildman–Crippen LogP) is 4.31. The van der Waals surface area contributed by atoms with E-state index in [2.05, 4.69) is 0 Å². The van der Waals surface area contributed by atoms with Gasteiger partial charge in [-0.1, -0.05) is 12.1 Å². The summed E-state index contributed by atoms with van der Waals surface area (Å²) in [6, 6.07) is 9.46. The minimum atomic E-state index is -0.409. The fourth-order valence-corrected chi connectivity index (χ4v) is 5.72. The lowest BCUT2D eigenvalue weighted by Gasteiger charge is -2.27. The Morgan fingerprint density at radius 1 is 1.12 bits per heavy atom. The number of fused-ring (bicyclic) bond motifs is 1. The van der Waals surface area contributed by atoms with Gasteiger partial charge in [-0.25, -0.2) is 0 Å². The van der Waals surface area contributed by atoms with Gasteiger partial charge in [-0.2, -0.15) is 0 Å². The number of ether oxygens (including phenoxy) is 2. The van der Waals surface area contributed by atoms with Gasteiger partial charge in [0.25, 0.3) is 11.1 Å². The van der Waals surface area contributed by atoms with Crippen molar-refractivity contribution < 1.29 is 23.9 Å². The number of hydrogen-bond acceptors (Lipinski definition) is 7. The maximum Gasteiger partial charge on any atom is 0.294 e. The molecule has 166 valence electrons. The molecule has 2 fully saturated rings. The zero-order valence-corrected chi connectivity index (χ0v) is 19.0. The maximum atomic E-state index is 13.1. The molecule has 1 aromatic heterocycles. The van der Waals surface area contributed by atoms with E-state index in [4.69, 9.17) is 9.47 Å². The summed E-state index contributed by atoms with van der Waals surface area (Å²) in [5, 5.41) is 1.50. The lowest BCUT2D eigenvalue weighted by molar-refractivity contribution is -0.136. The number of imide groups is 1. The fourth-order valence-electron chi connectivity index (χ4n) is 4.16. The Bertz CT molecular complexity index is 1080. The van der Waals surface area contributed by atoms with Crippen molar-refractivity contribution in [3.05, 3.63) is 51.1 Å². The fraction of sp³-hybridized carbons (Fsp3) is 0.348. The van der Waals surface area contributed by atoms with E-state index < -0.39 is 11.1 Å². The zero-order chi connectivity index (χ0) is 22.1. The summed E-state index contributed by atoms with van der Waals surface area (Å²) in [6.07, 6.45) is 4.23. The van der Waals surface area contributed by atoms with Crippen molar-refractivity contribution in [2.24, 2.45) is 0 Å². The average Bonchev–Trinajstić information content (AvgIpc) is 3.49. The van der Waals surface area contributed by atoms with Crippen molar-refractivity contribution in [1.29, 1.82) is 0 Å². The third-order valence-electron chi connectivity index (χ3n) is 5.71. The highest BCUT2D eigenvalue weighted by atomic mass is 32.2. The van der Waals surface area contributed by atoms with Gasteiger partial charge >= 0.3 is 0 Å². The van der Waals surface area contributed by atoms with Crippen LogP contribution in [0.25, 0.3) is 6.08 Å². The van der Waals surface area contributed by atoms with E-state index in [1.54, 1.807) is 11.0 Å². The van der Waals surface area contributed by atoms with Gasteiger partial charge in [-0.3, -0.25) is 19.3 Å². The molecule has 2 aromatic rings. The molecule has 9 heteroatoms. The molecular formula is C23H22N2O5S2. The van der Waals surface area contributed by atoms with Crippen LogP contribution < -0.4 is 9.47 Å². The standard InChI is InChI=1S/C23H22N2O5S2/c26-21(14-25-22(27)20(32-23(25)28)13-16-4-2-11-31-16)24-8-1-5-17(24)15-6-7-18-19(12-15)30-10-3-9-29-18/h2,4,6-7,11-13,17H,1,3,5,8-10,14H2/b20-13-. The van der Waals surface area contributed by atoms with Crippen LogP contribution >= 0.6 is 23.1 Å². The number of thiophene rings is 1. The van der Waals surface area contributed by atoms with E-state index in [-0.39, 0.29) is 18.5 Å². The molecule has 5 rings (SSSR count). The van der Waals surface area contributed by atoms with Crippen LogP contribution in [0.4, 0.5) is 4.79 Å². The van der Waals surface area contributed by atoms with Crippen molar-refractivity contribution >= 4 is 46.2 Å². The van der Waals surface area contributed by atoms with Gasteiger partial charge in [0.15, 0.2) is 11.5 Å². The Morgan fingerprint density at radius 3 is 2.78 bits per heavy atom. The number of benzene rings is 1. The molecule has 1 unspecified atom stereocenters. The number of carbonyl (C=O) groups excluding carboxylic acids is 3. The first-order valence-electron chi connectivity index (χ1n) is 10.6. The molecule has 2 saturated heterocycles. The van der Waals surface area contributed by atoms with Crippen LogP contribution in [0.3, 0.4) is 0 Å². The minimum absolute atomic E-state index is 0.110. The molecule has 0 saturated carbocycles.